The first-order chi connectivity index (χ1) is 15.6. The van der Waals surface area contributed by atoms with Crippen LogP contribution in [0.5, 0.6) is 0 Å². The van der Waals surface area contributed by atoms with Crippen LogP contribution >= 0.6 is 0 Å². The molecule has 0 aliphatic heterocycles. The van der Waals surface area contributed by atoms with E-state index in [-0.39, 0.29) is 22.4 Å². The van der Waals surface area contributed by atoms with Gasteiger partial charge in [-0.05, 0) is 77.0 Å². The van der Waals surface area contributed by atoms with E-state index in [1.165, 1.54) is 0 Å². The Labute approximate surface area is 209 Å². The smallest absolute Gasteiger partial charge is 0.345 e. The average molecular weight is 489 g/mol. The second-order valence-electron chi connectivity index (χ2n) is 9.88. The number of hydrogen-bond acceptors (Lipinski definition) is 4. The molecule has 0 fully saturated rings. The Morgan fingerprint density at radius 1 is 0.303 bits per heavy atom. The highest BCUT2D eigenvalue weighted by molar-refractivity contribution is 6.54. The third kappa shape index (κ3) is 8.03. The van der Waals surface area contributed by atoms with Crippen molar-refractivity contribution >= 4 is 9.05 Å². The lowest BCUT2D eigenvalue weighted by Crippen LogP contribution is -2.65. The van der Waals surface area contributed by atoms with Crippen molar-refractivity contribution in [2.45, 2.75) is 183 Å². The summed E-state index contributed by atoms with van der Waals surface area (Å²) in [5.41, 5.74) is -1.24. The molecule has 200 valence electrons. The summed E-state index contributed by atoms with van der Waals surface area (Å²) in [7, 11) is -3.59. The van der Waals surface area contributed by atoms with Crippen LogP contribution in [0, 0.1) is 0 Å². The molecule has 0 atom stereocenters. The summed E-state index contributed by atoms with van der Waals surface area (Å²) in [5.74, 6) is 0. The molecule has 0 unspecified atom stereocenters. The maximum absolute atomic E-state index is 7.23. The predicted octanol–water partition coefficient (Wildman–Crippen LogP) is 9.36. The van der Waals surface area contributed by atoms with Crippen LogP contribution in [-0.4, -0.2) is 31.5 Å². The lowest BCUT2D eigenvalue weighted by molar-refractivity contribution is -0.195. The van der Waals surface area contributed by atoms with Gasteiger partial charge in [0.25, 0.3) is 0 Å². The Balaban J connectivity index is 7.10. The Kier molecular flexibility index (Phi) is 14.6. The van der Waals surface area contributed by atoms with Crippen molar-refractivity contribution in [2.24, 2.45) is 0 Å². The molecule has 0 heterocycles. The van der Waals surface area contributed by atoms with Gasteiger partial charge in [0.05, 0.1) is 22.4 Å². The first-order valence-corrected chi connectivity index (χ1v) is 16.0. The highest BCUT2D eigenvalue weighted by Gasteiger charge is 2.61. The summed E-state index contributed by atoms with van der Waals surface area (Å²) in [4.78, 5) is 0. The van der Waals surface area contributed by atoms with Gasteiger partial charge >= 0.3 is 9.05 Å². The minimum atomic E-state index is -3.59. The quantitative estimate of drug-likeness (QED) is 0.160. The molecule has 0 aromatic carbocycles. The van der Waals surface area contributed by atoms with Crippen LogP contribution in [0.4, 0.5) is 0 Å². The second-order valence-corrected chi connectivity index (χ2v) is 11.7. The molecule has 0 aromatic rings. The molecule has 0 spiro atoms. The fourth-order valence-electron chi connectivity index (χ4n) is 5.05. The van der Waals surface area contributed by atoms with Crippen LogP contribution in [0.15, 0.2) is 0 Å². The van der Waals surface area contributed by atoms with E-state index >= 15 is 0 Å². The summed E-state index contributed by atoms with van der Waals surface area (Å²) in [6.07, 6.45) is 11.0. The van der Waals surface area contributed by atoms with Crippen molar-refractivity contribution in [3.8, 4) is 0 Å². The van der Waals surface area contributed by atoms with Gasteiger partial charge in [-0.1, -0.05) is 83.1 Å². The monoisotopic (exact) mass is 488 g/mol. The van der Waals surface area contributed by atoms with Gasteiger partial charge in [-0.15, -0.1) is 0 Å². The molecule has 0 saturated carbocycles. The fourth-order valence-corrected chi connectivity index (χ4v) is 9.16. The molecule has 0 aliphatic rings. The molecule has 33 heavy (non-hydrogen) atoms. The van der Waals surface area contributed by atoms with Gasteiger partial charge in [-0.25, -0.2) is 0 Å². The molecule has 0 rings (SSSR count). The van der Waals surface area contributed by atoms with Crippen molar-refractivity contribution in [3.63, 3.8) is 0 Å². The Morgan fingerprint density at radius 2 is 0.424 bits per heavy atom. The molecule has 0 aliphatic carbocycles. The van der Waals surface area contributed by atoms with Crippen LogP contribution in [0.1, 0.15) is 160 Å². The van der Waals surface area contributed by atoms with Gasteiger partial charge in [0.2, 0.25) is 0 Å². The van der Waals surface area contributed by atoms with Crippen molar-refractivity contribution in [3.05, 3.63) is 0 Å². The largest absolute Gasteiger partial charge is 0.681 e. The molecule has 0 amide bonds. The highest BCUT2D eigenvalue weighted by atomic mass is 28.4. The zero-order chi connectivity index (χ0) is 25.8. The summed E-state index contributed by atoms with van der Waals surface area (Å²) in [6, 6.07) is 0. The van der Waals surface area contributed by atoms with E-state index in [0.717, 1.165) is 77.0 Å². The highest BCUT2D eigenvalue weighted by Crippen LogP contribution is 2.43. The molecule has 0 radical (unpaired) electrons. The normalized spacial score (nSPS) is 14.2. The average Bonchev–Trinajstić information content (AvgIpc) is 2.88. The minimum Gasteiger partial charge on any atom is -0.345 e. The summed E-state index contributed by atoms with van der Waals surface area (Å²) in [5, 5.41) is 0. The van der Waals surface area contributed by atoms with E-state index in [4.69, 9.17) is 17.7 Å². The van der Waals surface area contributed by atoms with E-state index in [9.17, 15) is 0 Å². The Hall–Kier alpha value is 0.0569. The molecular weight excluding hydrogens is 428 g/mol. The SMILES string of the molecule is CCC(CC)(CC)O[Si](OC(CC)(CC)CC)(OC(CC)(CC)CC)OC(CC)(CC)CC. The van der Waals surface area contributed by atoms with E-state index < -0.39 is 9.05 Å². The van der Waals surface area contributed by atoms with Gasteiger partial charge in [-0.2, -0.15) is 0 Å². The van der Waals surface area contributed by atoms with E-state index in [1.54, 1.807) is 0 Å². The van der Waals surface area contributed by atoms with Crippen molar-refractivity contribution in [2.75, 3.05) is 0 Å². The lowest BCUT2D eigenvalue weighted by Gasteiger charge is -2.50. The predicted molar refractivity (Wildman–Crippen MR) is 145 cm³/mol. The molecule has 0 aromatic heterocycles. The zero-order valence-electron chi connectivity index (χ0n) is 24.6. The van der Waals surface area contributed by atoms with E-state index in [2.05, 4.69) is 83.1 Å². The Bertz CT molecular complexity index is 379. The summed E-state index contributed by atoms with van der Waals surface area (Å²) in [6.45, 7) is 26.6. The minimum absolute atomic E-state index is 0.310. The molecule has 0 bridgehead atoms. The molecular formula is C28H60O4Si. The van der Waals surface area contributed by atoms with Gasteiger partial charge in [0, 0.05) is 0 Å². The van der Waals surface area contributed by atoms with E-state index in [1.807, 2.05) is 0 Å². The van der Waals surface area contributed by atoms with Crippen LogP contribution in [0.25, 0.3) is 0 Å². The number of rotatable bonds is 20. The van der Waals surface area contributed by atoms with Gasteiger partial charge in [0.1, 0.15) is 0 Å². The van der Waals surface area contributed by atoms with Crippen molar-refractivity contribution in [1.82, 2.24) is 0 Å². The van der Waals surface area contributed by atoms with E-state index in [0.29, 0.717) is 0 Å². The summed E-state index contributed by atoms with van der Waals surface area (Å²) < 4.78 is 28.9. The van der Waals surface area contributed by atoms with Gasteiger partial charge < -0.3 is 17.7 Å². The van der Waals surface area contributed by atoms with Crippen LogP contribution in [-0.2, 0) is 17.7 Å². The number of hydrogen-bond donors (Lipinski definition) is 0. The van der Waals surface area contributed by atoms with Crippen LogP contribution in [0.3, 0.4) is 0 Å². The zero-order valence-corrected chi connectivity index (χ0v) is 25.6. The van der Waals surface area contributed by atoms with Gasteiger partial charge in [-0.3, -0.25) is 0 Å². The molecule has 0 saturated heterocycles. The van der Waals surface area contributed by atoms with Crippen molar-refractivity contribution in [1.29, 1.82) is 0 Å². The molecule has 0 N–H and O–H groups in total. The topological polar surface area (TPSA) is 36.9 Å². The van der Waals surface area contributed by atoms with Crippen LogP contribution in [0.2, 0.25) is 0 Å². The third-order valence-corrected chi connectivity index (χ3v) is 11.8. The molecule has 4 nitrogen and oxygen atoms in total. The van der Waals surface area contributed by atoms with Crippen molar-refractivity contribution < 1.29 is 17.7 Å². The first-order valence-electron chi connectivity index (χ1n) is 14.4. The Morgan fingerprint density at radius 3 is 0.515 bits per heavy atom. The lowest BCUT2D eigenvalue weighted by atomic mass is 9.95. The maximum Gasteiger partial charge on any atom is 0.681 e. The third-order valence-electron chi connectivity index (χ3n) is 9.10. The maximum atomic E-state index is 7.23. The second kappa shape index (κ2) is 14.6. The van der Waals surface area contributed by atoms with Gasteiger partial charge in [0.15, 0.2) is 0 Å². The summed E-state index contributed by atoms with van der Waals surface area (Å²) >= 11 is 0. The van der Waals surface area contributed by atoms with Crippen LogP contribution < -0.4 is 0 Å². The molecule has 5 heteroatoms. The first kappa shape index (κ1) is 33.1. The fraction of sp³-hybridized carbons (Fsp3) is 1.00. The standard InChI is InChI=1S/C28H60O4Si/c1-13-25(14-2,15-3)29-33(30-26(16-4,17-5)18-6,31-27(19-7,20-8)21-9)32-28(22-10,23-11)24-12/h13-24H2,1-12H3.